The maximum Gasteiger partial charge on any atom is 0.161 e. The number of rotatable bonds is 3. The van der Waals surface area contributed by atoms with Gasteiger partial charge in [0, 0.05) is 6.42 Å². The van der Waals surface area contributed by atoms with Crippen molar-refractivity contribution in [3.8, 4) is 0 Å². The molecule has 0 spiro atoms. The smallest absolute Gasteiger partial charge is 0.161 e. The number of carbonyl (C=O) groups excluding carboxylic acids is 1. The maximum absolute atomic E-state index is 11.8. The monoisotopic (exact) mass is 230 g/mol. The number of Topliss-reactive ketones (excluding diaryl/α,β-unsaturated/α-hetero) is 1. The second kappa shape index (κ2) is 6.36. The van der Waals surface area contributed by atoms with Crippen LogP contribution in [0.5, 0.6) is 0 Å². The van der Waals surface area contributed by atoms with E-state index >= 15 is 0 Å². The van der Waals surface area contributed by atoms with E-state index in [1.807, 2.05) is 30.3 Å². The second-order valence-corrected chi connectivity index (χ2v) is 4.34. The van der Waals surface area contributed by atoms with Crippen LogP contribution in [0.2, 0.25) is 0 Å². The maximum atomic E-state index is 11.8. The predicted molar refractivity (Wildman–Crippen MR) is 67.6 cm³/mol. The molecule has 1 atom stereocenters. The Kier molecular flexibility index (Phi) is 4.51. The van der Waals surface area contributed by atoms with Crippen LogP contribution in [0, 0.1) is 0 Å². The summed E-state index contributed by atoms with van der Waals surface area (Å²) < 4.78 is 5.73. The molecule has 0 saturated heterocycles. The summed E-state index contributed by atoms with van der Waals surface area (Å²) >= 11 is 0. The van der Waals surface area contributed by atoms with Gasteiger partial charge < -0.3 is 4.74 Å². The lowest BCUT2D eigenvalue weighted by molar-refractivity contribution is -0.131. The Morgan fingerprint density at radius 2 is 1.88 bits per heavy atom. The zero-order valence-electron chi connectivity index (χ0n) is 9.97. The predicted octanol–water partition coefficient (Wildman–Crippen LogP) is 3.27. The highest BCUT2D eigenvalue weighted by Crippen LogP contribution is 2.14. The molecule has 0 fully saturated rings. The SMILES string of the molecule is O=C1CC/C=C\CCC1OCc1ccccc1. The third-order valence-corrected chi connectivity index (χ3v) is 2.97. The van der Waals surface area contributed by atoms with Crippen LogP contribution in [0.15, 0.2) is 42.5 Å². The number of carbonyl (C=O) groups is 1. The summed E-state index contributed by atoms with van der Waals surface area (Å²) in [4.78, 5) is 11.8. The lowest BCUT2D eigenvalue weighted by Crippen LogP contribution is -2.24. The molecule has 0 radical (unpaired) electrons. The number of ketones is 1. The number of benzene rings is 1. The van der Waals surface area contributed by atoms with Crippen molar-refractivity contribution < 1.29 is 9.53 Å². The van der Waals surface area contributed by atoms with Crippen LogP contribution < -0.4 is 0 Å². The van der Waals surface area contributed by atoms with Gasteiger partial charge in [0.15, 0.2) is 5.78 Å². The molecular formula is C15H18O2. The molecule has 0 amide bonds. The Hall–Kier alpha value is -1.41. The molecule has 1 aliphatic carbocycles. The highest BCUT2D eigenvalue weighted by atomic mass is 16.5. The van der Waals surface area contributed by atoms with Gasteiger partial charge in [0.05, 0.1) is 6.61 Å². The summed E-state index contributed by atoms with van der Waals surface area (Å²) in [6.07, 6.45) is 7.21. The first-order valence-corrected chi connectivity index (χ1v) is 6.19. The van der Waals surface area contributed by atoms with Crippen LogP contribution in [0.25, 0.3) is 0 Å². The number of hydrogen-bond donors (Lipinski definition) is 0. The average Bonchev–Trinajstić information content (AvgIpc) is 2.35. The van der Waals surface area contributed by atoms with Gasteiger partial charge in [0.2, 0.25) is 0 Å². The topological polar surface area (TPSA) is 26.3 Å². The molecule has 1 aromatic carbocycles. The molecule has 2 heteroatoms. The molecule has 0 aliphatic heterocycles. The molecule has 0 saturated carbocycles. The zero-order valence-corrected chi connectivity index (χ0v) is 9.97. The largest absolute Gasteiger partial charge is 0.366 e. The minimum absolute atomic E-state index is 0.222. The van der Waals surface area contributed by atoms with Gasteiger partial charge in [-0.25, -0.2) is 0 Å². The fourth-order valence-electron chi connectivity index (χ4n) is 1.98. The van der Waals surface area contributed by atoms with E-state index in [0.29, 0.717) is 13.0 Å². The fraction of sp³-hybridized carbons (Fsp3) is 0.400. The molecule has 90 valence electrons. The van der Waals surface area contributed by atoms with Gasteiger partial charge in [-0.2, -0.15) is 0 Å². The standard InChI is InChI=1S/C15H18O2/c16-14-10-6-1-2-7-11-15(14)17-12-13-8-4-3-5-9-13/h1-5,8-9,15H,6-7,10-12H2/b2-1-. The second-order valence-electron chi connectivity index (χ2n) is 4.34. The van der Waals surface area contributed by atoms with E-state index in [9.17, 15) is 4.79 Å². The fourth-order valence-corrected chi connectivity index (χ4v) is 1.98. The van der Waals surface area contributed by atoms with Gasteiger partial charge in [-0.05, 0) is 24.8 Å². The van der Waals surface area contributed by atoms with Crippen molar-refractivity contribution in [3.05, 3.63) is 48.0 Å². The summed E-state index contributed by atoms with van der Waals surface area (Å²) in [5, 5.41) is 0. The van der Waals surface area contributed by atoms with Gasteiger partial charge in [0.1, 0.15) is 6.10 Å². The molecule has 0 heterocycles. The first-order valence-electron chi connectivity index (χ1n) is 6.19. The van der Waals surface area contributed by atoms with Crippen LogP contribution in [0.1, 0.15) is 31.2 Å². The summed E-state index contributed by atoms with van der Waals surface area (Å²) in [5.41, 5.74) is 1.12. The van der Waals surface area contributed by atoms with Gasteiger partial charge in [-0.15, -0.1) is 0 Å². The zero-order chi connectivity index (χ0) is 11.9. The molecule has 0 aromatic heterocycles. The minimum Gasteiger partial charge on any atom is -0.366 e. The highest BCUT2D eigenvalue weighted by Gasteiger charge is 2.18. The van der Waals surface area contributed by atoms with Gasteiger partial charge >= 0.3 is 0 Å². The lowest BCUT2D eigenvalue weighted by Gasteiger charge is -2.17. The Morgan fingerprint density at radius 3 is 2.71 bits per heavy atom. The Morgan fingerprint density at radius 1 is 1.12 bits per heavy atom. The third-order valence-electron chi connectivity index (χ3n) is 2.97. The first kappa shape index (κ1) is 12.1. The summed E-state index contributed by atoms with van der Waals surface area (Å²) in [6, 6.07) is 10.00. The van der Waals surface area contributed by atoms with Gasteiger partial charge in [-0.1, -0.05) is 42.5 Å². The Labute approximate surface area is 102 Å². The normalized spacial score (nSPS) is 22.8. The number of hydrogen-bond acceptors (Lipinski definition) is 2. The van der Waals surface area contributed by atoms with E-state index in [1.54, 1.807) is 0 Å². The summed E-state index contributed by atoms with van der Waals surface area (Å²) in [7, 11) is 0. The molecular weight excluding hydrogens is 212 g/mol. The lowest BCUT2D eigenvalue weighted by atomic mass is 10.0. The first-order chi connectivity index (χ1) is 8.36. The number of allylic oxidation sites excluding steroid dienone is 2. The quantitative estimate of drug-likeness (QED) is 0.745. The third kappa shape index (κ3) is 3.82. The van der Waals surface area contributed by atoms with Crippen molar-refractivity contribution in [1.29, 1.82) is 0 Å². The van der Waals surface area contributed by atoms with E-state index in [-0.39, 0.29) is 11.9 Å². The van der Waals surface area contributed by atoms with Crippen molar-refractivity contribution in [2.24, 2.45) is 0 Å². The molecule has 0 N–H and O–H groups in total. The van der Waals surface area contributed by atoms with E-state index in [1.165, 1.54) is 0 Å². The molecule has 2 nitrogen and oxygen atoms in total. The van der Waals surface area contributed by atoms with Crippen molar-refractivity contribution in [2.45, 2.75) is 38.4 Å². The summed E-state index contributed by atoms with van der Waals surface area (Å²) in [6.45, 7) is 0.529. The molecule has 0 bridgehead atoms. The van der Waals surface area contributed by atoms with Crippen molar-refractivity contribution in [2.75, 3.05) is 0 Å². The molecule has 17 heavy (non-hydrogen) atoms. The van der Waals surface area contributed by atoms with Crippen LogP contribution in [0.4, 0.5) is 0 Å². The van der Waals surface area contributed by atoms with Crippen LogP contribution in [-0.4, -0.2) is 11.9 Å². The Balaban J connectivity index is 1.88. The van der Waals surface area contributed by atoms with Crippen molar-refractivity contribution in [1.82, 2.24) is 0 Å². The average molecular weight is 230 g/mol. The van der Waals surface area contributed by atoms with E-state index in [0.717, 1.165) is 24.8 Å². The van der Waals surface area contributed by atoms with Crippen LogP contribution in [-0.2, 0) is 16.1 Å². The Bertz CT molecular complexity index is 381. The molecule has 2 rings (SSSR count). The van der Waals surface area contributed by atoms with E-state index in [2.05, 4.69) is 12.2 Å². The molecule has 1 aliphatic rings. The number of ether oxygens (including phenoxy) is 1. The molecule has 1 aromatic rings. The summed E-state index contributed by atoms with van der Waals surface area (Å²) in [5.74, 6) is 0.241. The molecule has 1 unspecified atom stereocenters. The van der Waals surface area contributed by atoms with Crippen molar-refractivity contribution >= 4 is 5.78 Å². The van der Waals surface area contributed by atoms with Crippen molar-refractivity contribution in [3.63, 3.8) is 0 Å². The van der Waals surface area contributed by atoms with Crippen LogP contribution in [0.3, 0.4) is 0 Å². The minimum atomic E-state index is -0.222. The van der Waals surface area contributed by atoms with Crippen LogP contribution >= 0.6 is 0 Å². The van der Waals surface area contributed by atoms with E-state index < -0.39 is 0 Å². The highest BCUT2D eigenvalue weighted by molar-refractivity contribution is 5.83. The van der Waals surface area contributed by atoms with Gasteiger partial charge in [-0.3, -0.25) is 4.79 Å². The van der Waals surface area contributed by atoms with E-state index in [4.69, 9.17) is 4.74 Å². The van der Waals surface area contributed by atoms with Gasteiger partial charge in [0.25, 0.3) is 0 Å².